The van der Waals surface area contributed by atoms with Crippen LogP contribution in [0.5, 0.6) is 0 Å². The molecule has 4 heteroatoms. The summed E-state index contributed by atoms with van der Waals surface area (Å²) in [6, 6.07) is 12.1. The molecule has 1 atom stereocenters. The summed E-state index contributed by atoms with van der Waals surface area (Å²) in [5.74, 6) is 2.72. The zero-order valence-corrected chi connectivity index (χ0v) is 12.8. The number of benzene rings is 1. The Labute approximate surface area is 124 Å². The fraction of sp³-hybridized carbons (Fsp3) is 0.312. The maximum absolute atomic E-state index is 9.39. The molecule has 0 saturated carbocycles. The van der Waals surface area contributed by atoms with Gasteiger partial charge in [-0.3, -0.25) is 0 Å². The molecule has 0 fully saturated rings. The first-order valence-corrected chi connectivity index (χ1v) is 7.63. The minimum Gasteiger partial charge on any atom is -0.464 e. The Morgan fingerprint density at radius 2 is 2.15 bits per heavy atom. The van der Waals surface area contributed by atoms with Gasteiger partial charge in [-0.1, -0.05) is 13.0 Å². The van der Waals surface area contributed by atoms with Gasteiger partial charge in [-0.15, -0.1) is 11.8 Å². The number of hydrogen-bond acceptors (Lipinski definition) is 4. The number of nitriles is 1. The van der Waals surface area contributed by atoms with Gasteiger partial charge >= 0.3 is 0 Å². The topological polar surface area (TPSA) is 49.0 Å². The molecule has 20 heavy (non-hydrogen) atoms. The van der Waals surface area contributed by atoms with Crippen molar-refractivity contribution in [1.82, 2.24) is 0 Å². The molecule has 1 unspecified atom stereocenters. The van der Waals surface area contributed by atoms with Crippen LogP contribution in [0.3, 0.4) is 0 Å². The van der Waals surface area contributed by atoms with Crippen molar-refractivity contribution < 1.29 is 4.42 Å². The van der Waals surface area contributed by atoms with E-state index in [1.54, 1.807) is 11.8 Å². The Morgan fingerprint density at radius 3 is 2.75 bits per heavy atom. The molecule has 1 heterocycles. The fourth-order valence-corrected chi connectivity index (χ4v) is 2.82. The Hall–Kier alpha value is -1.86. The van der Waals surface area contributed by atoms with E-state index in [1.165, 1.54) is 0 Å². The molecule has 0 aliphatic rings. The summed E-state index contributed by atoms with van der Waals surface area (Å²) in [7, 11) is 0. The lowest BCUT2D eigenvalue weighted by atomic mass is 10.1. The zero-order chi connectivity index (χ0) is 14.5. The lowest BCUT2D eigenvalue weighted by Gasteiger charge is -2.15. The van der Waals surface area contributed by atoms with E-state index < -0.39 is 0 Å². The second-order valence-electron chi connectivity index (χ2n) is 4.54. The van der Waals surface area contributed by atoms with Gasteiger partial charge in [0, 0.05) is 4.90 Å². The van der Waals surface area contributed by atoms with E-state index in [4.69, 9.17) is 4.42 Å². The van der Waals surface area contributed by atoms with Gasteiger partial charge in [-0.25, -0.2) is 0 Å². The maximum atomic E-state index is 9.39. The summed E-state index contributed by atoms with van der Waals surface area (Å²) < 4.78 is 5.62. The second kappa shape index (κ2) is 6.53. The minimum atomic E-state index is 0.0256. The molecule has 0 amide bonds. The third kappa shape index (κ3) is 3.17. The van der Waals surface area contributed by atoms with Crippen LogP contribution in [0.2, 0.25) is 0 Å². The molecule has 1 aromatic carbocycles. The largest absolute Gasteiger partial charge is 0.464 e. The van der Waals surface area contributed by atoms with Gasteiger partial charge in [0.25, 0.3) is 0 Å². The number of hydrogen-bond donors (Lipinski definition) is 1. The van der Waals surface area contributed by atoms with E-state index >= 15 is 0 Å². The maximum Gasteiger partial charge on any atom is 0.126 e. The van der Waals surface area contributed by atoms with Gasteiger partial charge in [0.2, 0.25) is 0 Å². The van der Waals surface area contributed by atoms with Crippen LogP contribution in [0.15, 0.2) is 39.6 Å². The van der Waals surface area contributed by atoms with E-state index in [2.05, 4.69) is 18.3 Å². The third-order valence-electron chi connectivity index (χ3n) is 3.00. The van der Waals surface area contributed by atoms with Crippen molar-refractivity contribution in [3.8, 4) is 6.07 Å². The van der Waals surface area contributed by atoms with Gasteiger partial charge in [-0.2, -0.15) is 5.26 Å². The van der Waals surface area contributed by atoms with E-state index in [0.717, 1.165) is 27.9 Å². The van der Waals surface area contributed by atoms with Gasteiger partial charge in [-0.05, 0) is 43.9 Å². The van der Waals surface area contributed by atoms with Gasteiger partial charge in [0.15, 0.2) is 0 Å². The van der Waals surface area contributed by atoms with E-state index in [-0.39, 0.29) is 6.04 Å². The minimum absolute atomic E-state index is 0.0256. The number of thioether (sulfide) groups is 1. The molecule has 104 valence electrons. The van der Waals surface area contributed by atoms with Gasteiger partial charge < -0.3 is 9.73 Å². The fourth-order valence-electron chi connectivity index (χ4n) is 2.03. The highest BCUT2D eigenvalue weighted by Crippen LogP contribution is 2.30. The molecule has 0 spiro atoms. The summed E-state index contributed by atoms with van der Waals surface area (Å²) >= 11 is 1.68. The summed E-state index contributed by atoms with van der Waals surface area (Å²) in [4.78, 5) is 1.02. The van der Waals surface area contributed by atoms with Crippen LogP contribution in [0.1, 0.15) is 37.0 Å². The van der Waals surface area contributed by atoms with E-state index in [0.29, 0.717) is 5.56 Å². The predicted octanol–water partition coefficient (Wildman–Crippen LogP) is 4.74. The van der Waals surface area contributed by atoms with Crippen molar-refractivity contribution in [3.63, 3.8) is 0 Å². The molecule has 1 N–H and O–H groups in total. The summed E-state index contributed by atoms with van der Waals surface area (Å²) in [6.07, 6.45) is 0. The SMILES string of the molecule is CCSc1cccc(NC(C)c2ccc(C)o2)c1C#N. The van der Waals surface area contributed by atoms with Crippen LogP contribution in [0.4, 0.5) is 5.69 Å². The van der Waals surface area contributed by atoms with Crippen LogP contribution in [-0.4, -0.2) is 5.75 Å². The number of furan rings is 1. The second-order valence-corrected chi connectivity index (χ2v) is 5.84. The Balaban J connectivity index is 2.25. The normalized spacial score (nSPS) is 11.9. The predicted molar refractivity (Wildman–Crippen MR) is 83.0 cm³/mol. The molecule has 1 aromatic heterocycles. The van der Waals surface area contributed by atoms with Crippen molar-refractivity contribution in [2.45, 2.75) is 31.7 Å². The highest BCUT2D eigenvalue weighted by molar-refractivity contribution is 7.99. The summed E-state index contributed by atoms with van der Waals surface area (Å²) in [5, 5.41) is 12.7. The Morgan fingerprint density at radius 1 is 1.35 bits per heavy atom. The Bertz CT molecular complexity index is 628. The summed E-state index contributed by atoms with van der Waals surface area (Å²) in [6.45, 7) is 6.04. The first kappa shape index (κ1) is 14.5. The van der Waals surface area contributed by atoms with Crippen molar-refractivity contribution >= 4 is 17.4 Å². The lowest BCUT2D eigenvalue weighted by Crippen LogP contribution is -2.07. The van der Waals surface area contributed by atoms with Crippen LogP contribution in [0, 0.1) is 18.3 Å². The molecule has 0 saturated heterocycles. The molecule has 0 aliphatic heterocycles. The quantitative estimate of drug-likeness (QED) is 0.806. The van der Waals surface area contributed by atoms with E-state index in [9.17, 15) is 5.26 Å². The lowest BCUT2D eigenvalue weighted by molar-refractivity contribution is 0.467. The molecule has 0 radical (unpaired) electrons. The van der Waals surface area contributed by atoms with Crippen molar-refractivity contribution in [2.24, 2.45) is 0 Å². The molecular weight excluding hydrogens is 268 g/mol. The highest BCUT2D eigenvalue weighted by atomic mass is 32.2. The van der Waals surface area contributed by atoms with Crippen molar-refractivity contribution in [3.05, 3.63) is 47.4 Å². The van der Waals surface area contributed by atoms with E-state index in [1.807, 2.05) is 44.2 Å². The van der Waals surface area contributed by atoms with Crippen molar-refractivity contribution in [2.75, 3.05) is 11.1 Å². The number of aryl methyl sites for hydroxylation is 1. The van der Waals surface area contributed by atoms with Crippen molar-refractivity contribution in [1.29, 1.82) is 5.26 Å². The highest BCUT2D eigenvalue weighted by Gasteiger charge is 2.13. The summed E-state index contributed by atoms with van der Waals surface area (Å²) in [5.41, 5.74) is 1.56. The third-order valence-corrected chi connectivity index (χ3v) is 3.94. The van der Waals surface area contributed by atoms with Gasteiger partial charge in [0.1, 0.15) is 17.6 Å². The molecule has 0 bridgehead atoms. The smallest absolute Gasteiger partial charge is 0.126 e. The van der Waals surface area contributed by atoms with Crippen LogP contribution in [0.25, 0.3) is 0 Å². The van der Waals surface area contributed by atoms with Crippen LogP contribution in [-0.2, 0) is 0 Å². The number of nitrogens with one attached hydrogen (secondary N) is 1. The Kier molecular flexibility index (Phi) is 4.75. The molecule has 3 nitrogen and oxygen atoms in total. The zero-order valence-electron chi connectivity index (χ0n) is 11.9. The standard InChI is InChI=1S/C16H18N2OS/c1-4-20-16-7-5-6-14(13(16)10-17)18-12(3)15-9-8-11(2)19-15/h5-9,12,18H,4H2,1-3H3. The first-order chi connectivity index (χ1) is 9.65. The number of anilines is 1. The van der Waals surface area contributed by atoms with Crippen LogP contribution < -0.4 is 5.32 Å². The van der Waals surface area contributed by atoms with Gasteiger partial charge in [0.05, 0.1) is 17.3 Å². The average Bonchev–Trinajstić information content (AvgIpc) is 2.86. The first-order valence-electron chi connectivity index (χ1n) is 6.64. The van der Waals surface area contributed by atoms with Crippen LogP contribution >= 0.6 is 11.8 Å². The molecule has 2 rings (SSSR count). The molecule has 0 aliphatic carbocycles. The molecule has 2 aromatic rings. The number of rotatable bonds is 5. The molecular formula is C16H18N2OS. The monoisotopic (exact) mass is 286 g/mol. The number of nitrogens with zero attached hydrogens (tertiary/aromatic N) is 1. The average molecular weight is 286 g/mol.